The summed E-state index contributed by atoms with van der Waals surface area (Å²) in [7, 11) is 6.83. The topological polar surface area (TPSA) is 59.4 Å². The molecule has 0 aliphatic carbocycles. The van der Waals surface area contributed by atoms with Gasteiger partial charge in [0.05, 0.1) is 7.11 Å². The monoisotopic (exact) mass is 494 g/mol. The highest BCUT2D eigenvalue weighted by atomic mass is 19.1. The lowest BCUT2D eigenvalue weighted by molar-refractivity contribution is -0.111. The molecule has 0 saturated heterocycles. The Bertz CT molecular complexity index is 1480. The molecule has 2 aromatic heterocycles. The Kier molecular flexibility index (Phi) is 7.12. The van der Waals surface area contributed by atoms with Gasteiger partial charge < -0.3 is 19.5 Å². The first-order valence-corrected chi connectivity index (χ1v) is 11.1. The van der Waals surface area contributed by atoms with E-state index in [4.69, 9.17) is 4.74 Å². The van der Waals surface area contributed by atoms with Crippen molar-refractivity contribution in [1.29, 1.82) is 0 Å². The Balaban J connectivity index is 1.76. The zero-order valence-electron chi connectivity index (χ0n) is 20.3. The summed E-state index contributed by atoms with van der Waals surface area (Å²) in [5.74, 6) is -2.54. The minimum absolute atomic E-state index is 0.104. The van der Waals surface area contributed by atoms with Gasteiger partial charge in [0.25, 0.3) is 0 Å². The van der Waals surface area contributed by atoms with Crippen LogP contribution in [0, 0.1) is 17.5 Å². The third-order valence-electron chi connectivity index (χ3n) is 5.60. The average molecular weight is 495 g/mol. The predicted molar refractivity (Wildman–Crippen MR) is 134 cm³/mol. The van der Waals surface area contributed by atoms with Crippen LogP contribution in [0.5, 0.6) is 5.75 Å². The van der Waals surface area contributed by atoms with Crippen molar-refractivity contribution < 1.29 is 22.7 Å². The molecule has 4 rings (SSSR count). The summed E-state index contributed by atoms with van der Waals surface area (Å²) in [5, 5.41) is 3.28. The molecule has 9 heteroatoms. The lowest BCUT2D eigenvalue weighted by Crippen LogP contribution is -2.13. The maximum atomic E-state index is 14.9. The number of benzene rings is 2. The second-order valence-electron chi connectivity index (χ2n) is 8.57. The number of halogens is 3. The van der Waals surface area contributed by atoms with Crippen LogP contribution in [0.25, 0.3) is 33.3 Å². The highest BCUT2D eigenvalue weighted by molar-refractivity contribution is 6.00. The van der Waals surface area contributed by atoms with Crippen LogP contribution < -0.4 is 10.1 Å². The number of methoxy groups -OCH3 is 1. The fourth-order valence-electron chi connectivity index (χ4n) is 3.97. The second-order valence-corrected chi connectivity index (χ2v) is 8.57. The molecule has 0 fully saturated rings. The summed E-state index contributed by atoms with van der Waals surface area (Å²) in [6, 6.07) is 7.88. The first-order valence-electron chi connectivity index (χ1n) is 11.1. The van der Waals surface area contributed by atoms with E-state index in [2.05, 4.69) is 10.3 Å². The number of amides is 1. The highest BCUT2D eigenvalue weighted by Gasteiger charge is 2.19. The van der Waals surface area contributed by atoms with Gasteiger partial charge in [0.2, 0.25) is 5.91 Å². The smallest absolute Gasteiger partial charge is 0.248 e. The van der Waals surface area contributed by atoms with Gasteiger partial charge in [0, 0.05) is 71.5 Å². The van der Waals surface area contributed by atoms with E-state index in [1.54, 1.807) is 30.0 Å². The molecule has 0 unspecified atom stereocenters. The quantitative estimate of drug-likeness (QED) is 0.350. The molecule has 0 aliphatic heterocycles. The van der Waals surface area contributed by atoms with Crippen molar-refractivity contribution in [3.05, 3.63) is 78.4 Å². The molecule has 0 saturated carbocycles. The minimum atomic E-state index is -0.831. The number of ether oxygens (including phenoxy) is 1. The number of pyridine rings is 1. The number of likely N-dealkylation sites (N-methyl/N-ethyl adjacent to an activating group) is 1. The van der Waals surface area contributed by atoms with Crippen LogP contribution in [0.1, 0.15) is 0 Å². The predicted octanol–water partition coefficient (Wildman–Crippen LogP) is 5.39. The molecule has 186 valence electrons. The molecule has 1 amide bonds. The number of hydrogen-bond acceptors (Lipinski definition) is 4. The molecule has 6 nitrogen and oxygen atoms in total. The molecule has 4 aromatic rings. The molecular formula is C27H25F3N4O2. The van der Waals surface area contributed by atoms with Crippen LogP contribution in [0.3, 0.4) is 0 Å². The van der Waals surface area contributed by atoms with Gasteiger partial charge in [-0.2, -0.15) is 0 Å². The Morgan fingerprint density at radius 1 is 1.08 bits per heavy atom. The van der Waals surface area contributed by atoms with Gasteiger partial charge in [-0.25, -0.2) is 18.2 Å². The van der Waals surface area contributed by atoms with Gasteiger partial charge in [-0.1, -0.05) is 6.08 Å². The summed E-state index contributed by atoms with van der Waals surface area (Å²) in [6.45, 7) is 0.604. The van der Waals surface area contributed by atoms with E-state index in [1.807, 2.05) is 19.0 Å². The van der Waals surface area contributed by atoms with Crippen LogP contribution in [-0.2, 0) is 11.8 Å². The molecule has 2 heterocycles. The average Bonchev–Trinajstić information content (AvgIpc) is 3.15. The molecule has 0 spiro atoms. The van der Waals surface area contributed by atoms with Gasteiger partial charge >= 0.3 is 0 Å². The summed E-state index contributed by atoms with van der Waals surface area (Å²) < 4.78 is 50.2. The number of fused-ring (bicyclic) bond motifs is 1. The lowest BCUT2D eigenvalue weighted by Gasteiger charge is -2.10. The van der Waals surface area contributed by atoms with E-state index in [-0.39, 0.29) is 22.8 Å². The number of anilines is 1. The van der Waals surface area contributed by atoms with E-state index in [0.29, 0.717) is 34.4 Å². The van der Waals surface area contributed by atoms with Crippen molar-refractivity contribution in [2.75, 3.05) is 33.1 Å². The molecular weight excluding hydrogens is 469 g/mol. The third kappa shape index (κ3) is 5.11. The van der Waals surface area contributed by atoms with E-state index in [0.717, 1.165) is 6.07 Å². The summed E-state index contributed by atoms with van der Waals surface area (Å²) >= 11 is 0. The fraction of sp³-hybridized carbons (Fsp3) is 0.185. The number of nitrogens with one attached hydrogen (secondary N) is 1. The van der Waals surface area contributed by atoms with E-state index in [1.165, 1.54) is 43.6 Å². The van der Waals surface area contributed by atoms with Crippen LogP contribution in [0.4, 0.5) is 18.9 Å². The molecule has 0 atom stereocenters. The van der Waals surface area contributed by atoms with E-state index in [9.17, 15) is 18.0 Å². The summed E-state index contributed by atoms with van der Waals surface area (Å²) in [5.41, 5.74) is 2.29. The maximum absolute atomic E-state index is 14.9. The molecule has 2 aromatic carbocycles. The largest absolute Gasteiger partial charge is 0.493 e. The van der Waals surface area contributed by atoms with Crippen molar-refractivity contribution in [2.45, 2.75) is 0 Å². The van der Waals surface area contributed by atoms with Gasteiger partial charge in [-0.05, 0) is 44.4 Å². The summed E-state index contributed by atoms with van der Waals surface area (Å²) in [6.07, 6.45) is 6.33. The SMILES string of the molecule is COc1c(F)cc(F)cc1-c1cn(C)c2ncc(-c3cc(NC(=O)/C=C/CN(C)C)ccc3F)cc12. The lowest BCUT2D eigenvalue weighted by atomic mass is 10.0. The molecule has 0 bridgehead atoms. The Hall–Kier alpha value is -4.11. The third-order valence-corrected chi connectivity index (χ3v) is 5.60. The van der Waals surface area contributed by atoms with Crippen LogP contribution in [0.15, 0.2) is 60.9 Å². The Morgan fingerprint density at radius 2 is 1.86 bits per heavy atom. The van der Waals surface area contributed by atoms with Crippen molar-refractivity contribution in [3.63, 3.8) is 0 Å². The minimum Gasteiger partial charge on any atom is -0.493 e. The Morgan fingerprint density at radius 3 is 2.58 bits per heavy atom. The number of nitrogens with zero attached hydrogens (tertiary/aromatic N) is 3. The van der Waals surface area contributed by atoms with Crippen LogP contribution >= 0.6 is 0 Å². The summed E-state index contributed by atoms with van der Waals surface area (Å²) in [4.78, 5) is 18.6. The van der Waals surface area contributed by atoms with Crippen molar-refractivity contribution in [1.82, 2.24) is 14.5 Å². The van der Waals surface area contributed by atoms with Gasteiger partial charge in [0.15, 0.2) is 11.6 Å². The highest BCUT2D eigenvalue weighted by Crippen LogP contribution is 2.39. The normalized spacial score (nSPS) is 11.6. The molecule has 1 N–H and O–H groups in total. The first kappa shape index (κ1) is 25.0. The number of rotatable bonds is 7. The number of aromatic nitrogens is 2. The fourth-order valence-corrected chi connectivity index (χ4v) is 3.97. The molecule has 0 aliphatic rings. The van der Waals surface area contributed by atoms with Crippen molar-refractivity contribution >= 4 is 22.6 Å². The van der Waals surface area contributed by atoms with E-state index < -0.39 is 17.5 Å². The van der Waals surface area contributed by atoms with Gasteiger partial charge in [0.1, 0.15) is 17.3 Å². The number of aryl methyl sites for hydroxylation is 1. The first-order chi connectivity index (χ1) is 17.2. The zero-order chi connectivity index (χ0) is 26.0. The second kappa shape index (κ2) is 10.2. The number of carbonyl (C=O) groups excluding carboxylic acids is 1. The van der Waals surface area contributed by atoms with Crippen molar-refractivity contribution in [3.8, 4) is 28.0 Å². The molecule has 0 radical (unpaired) electrons. The van der Waals surface area contributed by atoms with E-state index >= 15 is 0 Å². The zero-order valence-corrected chi connectivity index (χ0v) is 20.3. The van der Waals surface area contributed by atoms with Crippen LogP contribution in [0.2, 0.25) is 0 Å². The van der Waals surface area contributed by atoms with Crippen LogP contribution in [-0.4, -0.2) is 48.1 Å². The van der Waals surface area contributed by atoms with Gasteiger partial charge in [-0.15, -0.1) is 0 Å². The Labute approximate surface area is 206 Å². The van der Waals surface area contributed by atoms with Crippen molar-refractivity contribution in [2.24, 2.45) is 7.05 Å². The standard InChI is InChI=1S/C27H25F3N4O2/c1-33(2)9-5-6-25(35)32-18-7-8-23(29)19(13-18)16-10-21-22(15-34(3)27(21)31-14-16)20-11-17(28)12-24(30)26(20)36-4/h5-8,10-15H,9H2,1-4H3,(H,32,35)/b6-5+. The maximum Gasteiger partial charge on any atom is 0.248 e. The van der Waals surface area contributed by atoms with Gasteiger partial charge in [-0.3, -0.25) is 4.79 Å². The molecule has 36 heavy (non-hydrogen) atoms. The number of carbonyl (C=O) groups is 1. The number of hydrogen-bond donors (Lipinski definition) is 1.